The summed E-state index contributed by atoms with van der Waals surface area (Å²) < 4.78 is 2.10. The number of carbonyl (C=O) groups excluding carboxylic acids is 1. The van der Waals surface area contributed by atoms with Crippen molar-refractivity contribution in [3.63, 3.8) is 0 Å². The van der Waals surface area contributed by atoms with Crippen LogP contribution in [0, 0.1) is 0 Å². The van der Waals surface area contributed by atoms with Crippen LogP contribution in [0.25, 0.3) is 4.96 Å². The van der Waals surface area contributed by atoms with Gasteiger partial charge in [-0.2, -0.15) is 0 Å². The molecule has 5 rings (SSSR count). The van der Waals surface area contributed by atoms with Gasteiger partial charge in [0.2, 0.25) is 0 Å². The third-order valence-electron chi connectivity index (χ3n) is 6.15. The van der Waals surface area contributed by atoms with Crippen molar-refractivity contribution < 1.29 is 4.79 Å². The van der Waals surface area contributed by atoms with Gasteiger partial charge in [0.1, 0.15) is 0 Å². The number of piperidine rings is 1. The minimum atomic E-state index is 0.0929. The molecule has 6 nitrogen and oxygen atoms in total. The number of aromatic nitrogens is 2. The summed E-state index contributed by atoms with van der Waals surface area (Å²) in [7, 11) is 0. The van der Waals surface area contributed by atoms with Crippen molar-refractivity contribution in [3.05, 3.63) is 52.3 Å². The van der Waals surface area contributed by atoms with E-state index >= 15 is 0 Å². The van der Waals surface area contributed by atoms with Gasteiger partial charge >= 0.3 is 0 Å². The molecule has 0 N–H and O–H groups in total. The second kappa shape index (κ2) is 8.57. The predicted molar refractivity (Wildman–Crippen MR) is 122 cm³/mol. The summed E-state index contributed by atoms with van der Waals surface area (Å²) in [6.07, 6.45) is 5.43. The predicted octanol–water partition coefficient (Wildman–Crippen LogP) is 4.00. The molecular weight excluding hydrogens is 418 g/mol. The molecule has 0 bridgehead atoms. The zero-order valence-electron chi connectivity index (χ0n) is 17.0. The van der Waals surface area contributed by atoms with Gasteiger partial charge < -0.3 is 9.80 Å². The van der Waals surface area contributed by atoms with E-state index in [0.717, 1.165) is 80.0 Å². The zero-order chi connectivity index (χ0) is 20.5. The lowest BCUT2D eigenvalue weighted by atomic mass is 10.1. The van der Waals surface area contributed by atoms with E-state index in [9.17, 15) is 4.79 Å². The molecule has 0 spiro atoms. The average molecular weight is 444 g/mol. The molecule has 0 unspecified atom stereocenters. The number of hydrogen-bond donors (Lipinski definition) is 0. The second-order valence-corrected chi connectivity index (χ2v) is 9.31. The molecule has 1 amide bonds. The molecule has 0 aliphatic carbocycles. The first-order valence-corrected chi connectivity index (χ1v) is 11.9. The molecule has 2 aliphatic heterocycles. The van der Waals surface area contributed by atoms with Crippen molar-refractivity contribution in [1.29, 1.82) is 0 Å². The van der Waals surface area contributed by atoms with Crippen molar-refractivity contribution in [2.24, 2.45) is 0 Å². The van der Waals surface area contributed by atoms with Crippen LogP contribution in [0.3, 0.4) is 0 Å². The van der Waals surface area contributed by atoms with Gasteiger partial charge in [0.05, 0.1) is 16.4 Å². The van der Waals surface area contributed by atoms with Crippen molar-refractivity contribution in [2.45, 2.75) is 25.8 Å². The van der Waals surface area contributed by atoms with Gasteiger partial charge in [-0.05, 0) is 31.4 Å². The first-order valence-electron chi connectivity index (χ1n) is 10.7. The topological polar surface area (TPSA) is 44.1 Å². The molecule has 0 atom stereocenters. The van der Waals surface area contributed by atoms with E-state index in [1.807, 2.05) is 34.7 Å². The largest absolute Gasteiger partial charge is 0.368 e. The molecule has 2 fully saturated rings. The first kappa shape index (κ1) is 19.8. The smallest absolute Gasteiger partial charge is 0.274 e. The number of anilines is 1. The van der Waals surface area contributed by atoms with Gasteiger partial charge in [0.25, 0.3) is 5.91 Å². The molecule has 1 aromatic carbocycles. The normalized spacial score (nSPS) is 18.3. The van der Waals surface area contributed by atoms with Crippen LogP contribution in [-0.4, -0.2) is 64.4 Å². The maximum absolute atomic E-state index is 13.2. The van der Waals surface area contributed by atoms with Crippen LogP contribution >= 0.6 is 22.9 Å². The molecule has 158 valence electrons. The molecule has 30 heavy (non-hydrogen) atoms. The molecule has 8 heteroatoms. The van der Waals surface area contributed by atoms with E-state index in [4.69, 9.17) is 16.6 Å². The molecule has 0 saturated carbocycles. The number of piperazine rings is 1. The summed E-state index contributed by atoms with van der Waals surface area (Å²) >= 11 is 7.97. The van der Waals surface area contributed by atoms with Gasteiger partial charge in [-0.1, -0.05) is 23.7 Å². The first-order chi connectivity index (χ1) is 14.7. The van der Waals surface area contributed by atoms with Crippen molar-refractivity contribution in [3.8, 4) is 0 Å². The Morgan fingerprint density at radius 3 is 2.57 bits per heavy atom. The Morgan fingerprint density at radius 1 is 1.03 bits per heavy atom. The Labute approximate surface area is 185 Å². The van der Waals surface area contributed by atoms with Crippen molar-refractivity contribution in [2.75, 3.05) is 44.2 Å². The summed E-state index contributed by atoms with van der Waals surface area (Å²) in [6.45, 7) is 6.14. The van der Waals surface area contributed by atoms with E-state index in [0.29, 0.717) is 5.69 Å². The number of benzene rings is 1. The SMILES string of the molecule is O=C(c1nc2sccn2c1CN1CCN(c2ccccc2Cl)CC1)N1CCCCC1. The Hall–Kier alpha value is -2.09. The highest BCUT2D eigenvalue weighted by atomic mass is 35.5. The van der Waals surface area contributed by atoms with E-state index in [1.165, 1.54) is 6.42 Å². The minimum absolute atomic E-state index is 0.0929. The fourth-order valence-electron chi connectivity index (χ4n) is 4.47. The fraction of sp³-hybridized carbons (Fsp3) is 0.455. The Morgan fingerprint density at radius 2 is 1.80 bits per heavy atom. The van der Waals surface area contributed by atoms with Crippen molar-refractivity contribution >= 4 is 39.5 Å². The van der Waals surface area contributed by atoms with Gasteiger partial charge in [0, 0.05) is 57.4 Å². The molecule has 0 radical (unpaired) electrons. The molecular formula is C22H26ClN5OS. The maximum atomic E-state index is 13.2. The number of imidazole rings is 1. The van der Waals surface area contributed by atoms with E-state index < -0.39 is 0 Å². The second-order valence-electron chi connectivity index (χ2n) is 8.03. The zero-order valence-corrected chi connectivity index (χ0v) is 18.5. The van der Waals surface area contributed by atoms with Gasteiger partial charge in [-0.15, -0.1) is 11.3 Å². The van der Waals surface area contributed by atoms with Crippen LogP contribution in [0.4, 0.5) is 5.69 Å². The highest BCUT2D eigenvalue weighted by Gasteiger charge is 2.28. The molecule has 2 saturated heterocycles. The summed E-state index contributed by atoms with van der Waals surface area (Å²) in [6, 6.07) is 8.03. The number of rotatable bonds is 4. The highest BCUT2D eigenvalue weighted by molar-refractivity contribution is 7.15. The minimum Gasteiger partial charge on any atom is -0.368 e. The fourth-order valence-corrected chi connectivity index (χ4v) is 5.46. The van der Waals surface area contributed by atoms with Gasteiger partial charge in [-0.3, -0.25) is 14.1 Å². The van der Waals surface area contributed by atoms with Crippen LogP contribution in [0.2, 0.25) is 5.02 Å². The summed E-state index contributed by atoms with van der Waals surface area (Å²) in [5.74, 6) is 0.0929. The lowest BCUT2D eigenvalue weighted by Gasteiger charge is -2.36. The highest BCUT2D eigenvalue weighted by Crippen LogP contribution is 2.27. The van der Waals surface area contributed by atoms with Gasteiger partial charge in [-0.25, -0.2) is 4.98 Å². The van der Waals surface area contributed by atoms with Crippen LogP contribution in [0.5, 0.6) is 0 Å². The number of halogens is 1. The third kappa shape index (κ3) is 3.82. The Balaban J connectivity index is 1.32. The maximum Gasteiger partial charge on any atom is 0.274 e. The number of para-hydroxylation sites is 1. The molecule has 2 aromatic heterocycles. The number of hydrogen-bond acceptors (Lipinski definition) is 5. The van der Waals surface area contributed by atoms with E-state index in [2.05, 4.69) is 20.3 Å². The van der Waals surface area contributed by atoms with Crippen molar-refractivity contribution in [1.82, 2.24) is 19.2 Å². The van der Waals surface area contributed by atoms with Crippen LogP contribution in [-0.2, 0) is 6.54 Å². The quantitative estimate of drug-likeness (QED) is 0.611. The van der Waals surface area contributed by atoms with E-state index in [-0.39, 0.29) is 5.91 Å². The van der Waals surface area contributed by atoms with Crippen LogP contribution in [0.1, 0.15) is 35.4 Å². The molecule has 4 heterocycles. The van der Waals surface area contributed by atoms with Crippen LogP contribution < -0.4 is 4.90 Å². The number of likely N-dealkylation sites (tertiary alicyclic amines) is 1. The number of carbonyl (C=O) groups is 1. The number of thiazole rings is 1. The van der Waals surface area contributed by atoms with E-state index in [1.54, 1.807) is 11.3 Å². The summed E-state index contributed by atoms with van der Waals surface area (Å²) in [5, 5.41) is 2.84. The Kier molecular flexibility index (Phi) is 5.67. The lowest BCUT2D eigenvalue weighted by Crippen LogP contribution is -2.46. The lowest BCUT2D eigenvalue weighted by molar-refractivity contribution is 0.0716. The Bertz CT molecular complexity index is 1030. The number of nitrogens with zero attached hydrogens (tertiary/aromatic N) is 5. The summed E-state index contributed by atoms with van der Waals surface area (Å²) in [4.78, 5) is 25.6. The summed E-state index contributed by atoms with van der Waals surface area (Å²) in [5.41, 5.74) is 2.76. The molecule has 3 aromatic rings. The standard InChI is InChI=1S/C22H26ClN5OS/c23-17-6-2-3-7-18(17)26-12-10-25(11-13-26)16-19-20(24-22-28(19)14-15-30-22)21(29)27-8-4-1-5-9-27/h2-3,6-7,14-15H,1,4-5,8-13,16H2. The van der Waals surface area contributed by atoms with Gasteiger partial charge in [0.15, 0.2) is 10.7 Å². The monoisotopic (exact) mass is 443 g/mol. The average Bonchev–Trinajstić information content (AvgIpc) is 3.37. The third-order valence-corrected chi connectivity index (χ3v) is 7.22. The molecule has 2 aliphatic rings. The van der Waals surface area contributed by atoms with Crippen LogP contribution in [0.15, 0.2) is 35.8 Å². The number of amides is 1. The number of fused-ring (bicyclic) bond motifs is 1.